The van der Waals surface area contributed by atoms with Crippen molar-refractivity contribution in [2.45, 2.75) is 25.8 Å². The van der Waals surface area contributed by atoms with E-state index >= 15 is 0 Å². The highest BCUT2D eigenvalue weighted by molar-refractivity contribution is 5.97. The summed E-state index contributed by atoms with van der Waals surface area (Å²) in [6, 6.07) is 5.94. The second-order valence-electron chi connectivity index (χ2n) is 7.05. The summed E-state index contributed by atoms with van der Waals surface area (Å²) in [6.45, 7) is 2.62. The van der Waals surface area contributed by atoms with Crippen LogP contribution < -0.4 is 9.47 Å². The molecule has 0 radical (unpaired) electrons. The molecule has 0 saturated carbocycles. The molecule has 0 aliphatic carbocycles. The van der Waals surface area contributed by atoms with Crippen molar-refractivity contribution in [1.29, 1.82) is 0 Å². The fourth-order valence-corrected chi connectivity index (χ4v) is 4.30. The topological polar surface area (TPSA) is 69.0 Å². The number of amides is 1. The predicted octanol–water partition coefficient (Wildman–Crippen LogP) is 2.35. The lowest BCUT2D eigenvalue weighted by Crippen LogP contribution is -2.45. The van der Waals surface area contributed by atoms with E-state index in [9.17, 15) is 4.79 Å². The van der Waals surface area contributed by atoms with Crippen LogP contribution in [0.1, 0.15) is 38.9 Å². The third-order valence-electron chi connectivity index (χ3n) is 5.59. The number of nitrogens with zero attached hydrogens (tertiary/aromatic N) is 4. The van der Waals surface area contributed by atoms with Gasteiger partial charge in [0.1, 0.15) is 0 Å². The molecule has 2 aromatic heterocycles. The first-order valence-corrected chi connectivity index (χ1v) is 9.00. The molecule has 1 aromatic carbocycles. The van der Waals surface area contributed by atoms with Crippen molar-refractivity contribution in [2.24, 2.45) is 0 Å². The van der Waals surface area contributed by atoms with Crippen LogP contribution in [0, 0.1) is 6.92 Å². The van der Waals surface area contributed by atoms with Gasteiger partial charge in [0.05, 0.1) is 37.2 Å². The Morgan fingerprint density at radius 3 is 2.70 bits per heavy atom. The average Bonchev–Trinajstić information content (AvgIpc) is 3.07. The SMILES string of the molecule is COc1cc2c(cc1OC)[C@@H]1Cc3c(cnc4cc(C)nn34)C(=O)N1CC2. The summed E-state index contributed by atoms with van der Waals surface area (Å²) in [5.74, 6) is 1.43. The van der Waals surface area contributed by atoms with Gasteiger partial charge in [-0.05, 0) is 36.6 Å². The van der Waals surface area contributed by atoms with Crippen LogP contribution in [-0.4, -0.2) is 46.2 Å². The predicted molar refractivity (Wildman–Crippen MR) is 98.5 cm³/mol. The Hall–Kier alpha value is -3.09. The Bertz CT molecular complexity index is 1090. The molecule has 4 heterocycles. The number of ether oxygens (including phenoxy) is 2. The maximum Gasteiger partial charge on any atom is 0.257 e. The van der Waals surface area contributed by atoms with E-state index in [0.717, 1.165) is 34.8 Å². The van der Waals surface area contributed by atoms with Crippen molar-refractivity contribution in [1.82, 2.24) is 19.5 Å². The number of hydrogen-bond donors (Lipinski definition) is 0. The first kappa shape index (κ1) is 16.1. The molecule has 1 amide bonds. The first-order chi connectivity index (χ1) is 13.1. The zero-order valence-electron chi connectivity index (χ0n) is 15.5. The third-order valence-corrected chi connectivity index (χ3v) is 5.59. The van der Waals surface area contributed by atoms with Gasteiger partial charge in [0, 0.05) is 25.2 Å². The van der Waals surface area contributed by atoms with Crippen molar-refractivity contribution < 1.29 is 14.3 Å². The summed E-state index contributed by atoms with van der Waals surface area (Å²) in [5, 5.41) is 4.55. The van der Waals surface area contributed by atoms with Gasteiger partial charge in [0.25, 0.3) is 5.91 Å². The standard InChI is InChI=1S/C20H20N4O3/c1-11-6-19-21-10-14-16(24(19)22-11)9-15-13-8-18(27-3)17(26-2)7-12(13)4-5-23(15)20(14)25/h6-8,10,15H,4-5,9H2,1-3H3/t15-/m0/s1. The minimum absolute atomic E-state index is 0.0178. The van der Waals surface area contributed by atoms with E-state index in [1.165, 1.54) is 5.56 Å². The van der Waals surface area contributed by atoms with Gasteiger partial charge in [-0.3, -0.25) is 4.79 Å². The van der Waals surface area contributed by atoms with Crippen molar-refractivity contribution >= 4 is 11.6 Å². The molecule has 2 aliphatic rings. The Labute approximate surface area is 156 Å². The summed E-state index contributed by atoms with van der Waals surface area (Å²) < 4.78 is 12.8. The molecule has 2 aliphatic heterocycles. The Morgan fingerprint density at radius 1 is 1.15 bits per heavy atom. The first-order valence-electron chi connectivity index (χ1n) is 9.00. The zero-order valence-corrected chi connectivity index (χ0v) is 15.5. The average molecular weight is 364 g/mol. The van der Waals surface area contributed by atoms with E-state index < -0.39 is 0 Å². The number of rotatable bonds is 2. The van der Waals surface area contributed by atoms with Crippen LogP contribution in [0.25, 0.3) is 5.65 Å². The van der Waals surface area contributed by atoms with Gasteiger partial charge in [-0.2, -0.15) is 5.10 Å². The monoisotopic (exact) mass is 364 g/mol. The van der Waals surface area contributed by atoms with Crippen LogP contribution in [0.3, 0.4) is 0 Å². The fraction of sp³-hybridized carbons (Fsp3) is 0.350. The quantitative estimate of drug-likeness (QED) is 0.698. The highest BCUT2D eigenvalue weighted by Gasteiger charge is 2.39. The van der Waals surface area contributed by atoms with E-state index in [2.05, 4.69) is 10.1 Å². The molecule has 0 bridgehead atoms. The van der Waals surface area contributed by atoms with Crippen LogP contribution in [0.2, 0.25) is 0 Å². The van der Waals surface area contributed by atoms with Crippen molar-refractivity contribution in [2.75, 3.05) is 20.8 Å². The molecule has 7 nitrogen and oxygen atoms in total. The third kappa shape index (κ3) is 2.24. The van der Waals surface area contributed by atoms with Crippen LogP contribution in [0.4, 0.5) is 0 Å². The van der Waals surface area contributed by atoms with Gasteiger partial charge in [-0.15, -0.1) is 0 Å². The van der Waals surface area contributed by atoms with E-state index in [1.807, 2.05) is 34.5 Å². The van der Waals surface area contributed by atoms with Crippen molar-refractivity contribution in [3.8, 4) is 11.5 Å². The molecule has 0 N–H and O–H groups in total. The molecule has 0 spiro atoms. The number of aromatic nitrogens is 3. The van der Waals surface area contributed by atoms with Crippen LogP contribution in [-0.2, 0) is 12.8 Å². The second kappa shape index (κ2) is 5.70. The van der Waals surface area contributed by atoms with E-state index in [0.29, 0.717) is 24.3 Å². The molecule has 1 atom stereocenters. The molecular weight excluding hydrogens is 344 g/mol. The van der Waals surface area contributed by atoms with Crippen LogP contribution in [0.15, 0.2) is 24.4 Å². The normalized spacial score (nSPS) is 18.1. The van der Waals surface area contributed by atoms with Gasteiger partial charge in [-0.1, -0.05) is 0 Å². The molecule has 138 valence electrons. The molecule has 0 unspecified atom stereocenters. The van der Waals surface area contributed by atoms with Crippen LogP contribution in [0.5, 0.6) is 11.5 Å². The highest BCUT2D eigenvalue weighted by atomic mass is 16.5. The molecule has 3 aromatic rings. The maximum atomic E-state index is 13.2. The number of methoxy groups -OCH3 is 2. The molecular formula is C20H20N4O3. The van der Waals surface area contributed by atoms with Gasteiger partial charge < -0.3 is 14.4 Å². The number of carbonyl (C=O) groups excluding carboxylic acids is 1. The van der Waals surface area contributed by atoms with E-state index in [4.69, 9.17) is 9.47 Å². The highest BCUT2D eigenvalue weighted by Crippen LogP contribution is 2.42. The van der Waals surface area contributed by atoms with Gasteiger partial charge in [0.15, 0.2) is 17.1 Å². The van der Waals surface area contributed by atoms with Gasteiger partial charge in [0.2, 0.25) is 0 Å². The number of hydrogen-bond acceptors (Lipinski definition) is 5. The van der Waals surface area contributed by atoms with Gasteiger partial charge in [-0.25, -0.2) is 9.50 Å². The minimum Gasteiger partial charge on any atom is -0.493 e. The summed E-state index contributed by atoms with van der Waals surface area (Å²) in [5.41, 5.74) is 5.55. The smallest absolute Gasteiger partial charge is 0.257 e. The molecule has 5 rings (SSSR count). The largest absolute Gasteiger partial charge is 0.493 e. The summed E-state index contributed by atoms with van der Waals surface area (Å²) in [6.07, 6.45) is 3.18. The lowest BCUT2D eigenvalue weighted by atomic mass is 9.85. The minimum atomic E-state index is -0.0383. The lowest BCUT2D eigenvalue weighted by molar-refractivity contribution is 0.0626. The number of fused-ring (bicyclic) bond motifs is 6. The Kier molecular flexibility index (Phi) is 3.40. The summed E-state index contributed by atoms with van der Waals surface area (Å²) in [4.78, 5) is 19.5. The zero-order chi connectivity index (χ0) is 18.7. The van der Waals surface area contributed by atoms with Crippen molar-refractivity contribution in [3.63, 3.8) is 0 Å². The van der Waals surface area contributed by atoms with Crippen LogP contribution >= 0.6 is 0 Å². The fourth-order valence-electron chi connectivity index (χ4n) is 4.30. The number of aryl methyl sites for hydroxylation is 1. The number of benzene rings is 1. The summed E-state index contributed by atoms with van der Waals surface area (Å²) in [7, 11) is 3.28. The Morgan fingerprint density at radius 2 is 1.93 bits per heavy atom. The summed E-state index contributed by atoms with van der Waals surface area (Å²) >= 11 is 0. The van der Waals surface area contributed by atoms with E-state index in [-0.39, 0.29) is 11.9 Å². The molecule has 0 fully saturated rings. The molecule has 0 saturated heterocycles. The molecule has 27 heavy (non-hydrogen) atoms. The van der Waals surface area contributed by atoms with Gasteiger partial charge >= 0.3 is 0 Å². The Balaban J connectivity index is 1.68. The number of carbonyl (C=O) groups is 1. The maximum absolute atomic E-state index is 13.2. The second-order valence-corrected chi connectivity index (χ2v) is 7.05. The van der Waals surface area contributed by atoms with Crippen molar-refractivity contribution in [3.05, 3.63) is 52.5 Å². The van der Waals surface area contributed by atoms with E-state index in [1.54, 1.807) is 20.4 Å². The molecule has 7 heteroatoms. The lowest BCUT2D eigenvalue weighted by Gasteiger charge is -2.41.